The number of rotatable bonds is 8. The number of hydrogen-bond acceptors (Lipinski definition) is 5. The highest BCUT2D eigenvalue weighted by Gasteiger charge is 2.28. The zero-order valence-electron chi connectivity index (χ0n) is 14.5. The van der Waals surface area contributed by atoms with Crippen molar-refractivity contribution >= 4 is 32.5 Å². The first-order valence-corrected chi connectivity index (χ1v) is 11.7. The highest BCUT2D eigenvalue weighted by atomic mass is 35.5. The maximum atomic E-state index is 12.3. The molecule has 2 aliphatic rings. The third-order valence-electron chi connectivity index (χ3n) is 4.59. The molecule has 0 bridgehead atoms. The van der Waals surface area contributed by atoms with E-state index >= 15 is 0 Å². The maximum Gasteiger partial charge on any atom is 0.240 e. The Morgan fingerprint density at radius 2 is 1.58 bits per heavy atom. The van der Waals surface area contributed by atoms with Gasteiger partial charge in [-0.3, -0.25) is 0 Å². The minimum Gasteiger partial charge on any atom is -0.316 e. The SMILES string of the molecule is Cl.O=S(=O)(NCCC1CCCNC1)c1ccc(S(=O)(=O)NC2CC2)cc1. The molecule has 1 aliphatic heterocycles. The topological polar surface area (TPSA) is 104 Å². The lowest BCUT2D eigenvalue weighted by Crippen LogP contribution is -2.33. The second-order valence-corrected chi connectivity index (χ2v) is 10.2. The zero-order chi connectivity index (χ0) is 17.9. The normalized spacial score (nSPS) is 21.2. The van der Waals surface area contributed by atoms with Gasteiger partial charge in [-0.05, 0) is 75.4 Å². The number of benzene rings is 1. The highest BCUT2D eigenvalue weighted by Crippen LogP contribution is 2.23. The number of nitrogens with one attached hydrogen (secondary N) is 3. The molecule has 1 aliphatic carbocycles. The lowest BCUT2D eigenvalue weighted by atomic mass is 9.96. The summed E-state index contributed by atoms with van der Waals surface area (Å²) >= 11 is 0. The van der Waals surface area contributed by atoms with Crippen LogP contribution in [0.4, 0.5) is 0 Å². The van der Waals surface area contributed by atoms with Crippen molar-refractivity contribution in [2.45, 2.75) is 47.9 Å². The first-order valence-electron chi connectivity index (χ1n) is 8.70. The van der Waals surface area contributed by atoms with Gasteiger partial charge in [-0.1, -0.05) is 0 Å². The summed E-state index contributed by atoms with van der Waals surface area (Å²) in [6, 6.07) is 5.37. The van der Waals surface area contributed by atoms with Gasteiger partial charge in [0.15, 0.2) is 0 Å². The largest absolute Gasteiger partial charge is 0.316 e. The molecule has 1 saturated heterocycles. The fraction of sp³-hybridized carbons (Fsp3) is 0.625. The van der Waals surface area contributed by atoms with Crippen LogP contribution in [0.25, 0.3) is 0 Å². The van der Waals surface area contributed by atoms with Crippen molar-refractivity contribution in [3.63, 3.8) is 0 Å². The van der Waals surface area contributed by atoms with Crippen molar-refractivity contribution in [2.24, 2.45) is 5.92 Å². The standard InChI is InChI=1S/C16H25N3O4S2.ClH/c20-24(21,18-11-9-13-2-1-10-17-12-13)15-5-7-16(8-6-15)25(22,23)19-14-3-4-14;/h5-8,13-14,17-19H,1-4,9-12H2;1H. The van der Waals surface area contributed by atoms with Gasteiger partial charge in [0.25, 0.3) is 0 Å². The predicted octanol–water partition coefficient (Wildman–Crippen LogP) is 1.22. The van der Waals surface area contributed by atoms with Crippen molar-refractivity contribution in [1.29, 1.82) is 0 Å². The van der Waals surface area contributed by atoms with Gasteiger partial charge < -0.3 is 5.32 Å². The van der Waals surface area contributed by atoms with E-state index in [1.54, 1.807) is 0 Å². The summed E-state index contributed by atoms with van der Waals surface area (Å²) in [4.78, 5) is 0.172. The molecule has 3 rings (SSSR count). The number of hydrogen-bond donors (Lipinski definition) is 3. The van der Waals surface area contributed by atoms with E-state index in [0.29, 0.717) is 12.5 Å². The Morgan fingerprint density at radius 1 is 0.962 bits per heavy atom. The first kappa shape index (κ1) is 21.6. The summed E-state index contributed by atoms with van der Waals surface area (Å²) in [6.45, 7) is 2.35. The van der Waals surface area contributed by atoms with E-state index < -0.39 is 20.0 Å². The van der Waals surface area contributed by atoms with Crippen molar-refractivity contribution < 1.29 is 16.8 Å². The smallest absolute Gasteiger partial charge is 0.240 e. The van der Waals surface area contributed by atoms with E-state index in [0.717, 1.165) is 45.2 Å². The molecule has 1 saturated carbocycles. The van der Waals surface area contributed by atoms with E-state index in [1.165, 1.54) is 24.3 Å². The summed E-state index contributed by atoms with van der Waals surface area (Å²) in [7, 11) is -7.18. The van der Waals surface area contributed by atoms with Gasteiger partial charge in [0.1, 0.15) is 0 Å². The fourth-order valence-electron chi connectivity index (χ4n) is 2.94. The molecule has 0 amide bonds. The van der Waals surface area contributed by atoms with E-state index in [9.17, 15) is 16.8 Å². The quantitative estimate of drug-likeness (QED) is 0.583. The molecule has 1 aromatic rings. The Kier molecular flexibility index (Phi) is 7.46. The zero-order valence-corrected chi connectivity index (χ0v) is 16.9. The molecular weight excluding hydrogens is 398 g/mol. The number of piperidine rings is 1. The third-order valence-corrected chi connectivity index (χ3v) is 7.60. The molecule has 26 heavy (non-hydrogen) atoms. The number of halogens is 1. The van der Waals surface area contributed by atoms with Crippen LogP contribution in [-0.4, -0.2) is 42.5 Å². The van der Waals surface area contributed by atoms with E-state index in [2.05, 4.69) is 14.8 Å². The maximum absolute atomic E-state index is 12.3. The molecule has 1 aromatic carbocycles. The average Bonchev–Trinajstić information content (AvgIpc) is 3.39. The molecular formula is C16H26ClN3O4S2. The molecule has 7 nitrogen and oxygen atoms in total. The summed E-state index contributed by atoms with van der Waals surface area (Å²) < 4.78 is 54.1. The summed E-state index contributed by atoms with van der Waals surface area (Å²) in [5.74, 6) is 0.498. The van der Waals surface area contributed by atoms with E-state index in [-0.39, 0.29) is 28.2 Å². The lowest BCUT2D eigenvalue weighted by molar-refractivity contribution is 0.358. The molecule has 3 N–H and O–H groups in total. The Hall–Kier alpha value is -0.710. The van der Waals surface area contributed by atoms with Crippen LogP contribution >= 0.6 is 12.4 Å². The first-order chi connectivity index (χ1) is 11.9. The van der Waals surface area contributed by atoms with Crippen LogP contribution in [0.5, 0.6) is 0 Å². The van der Waals surface area contributed by atoms with Crippen LogP contribution in [0.2, 0.25) is 0 Å². The van der Waals surface area contributed by atoms with Crippen molar-refractivity contribution in [2.75, 3.05) is 19.6 Å². The summed E-state index contributed by atoms with van der Waals surface area (Å²) in [5, 5.41) is 3.31. The second-order valence-electron chi connectivity index (χ2n) is 6.77. The Balaban J connectivity index is 0.00000243. The summed E-state index contributed by atoms with van der Waals surface area (Å²) in [6.07, 6.45) is 4.75. The van der Waals surface area contributed by atoms with Crippen LogP contribution in [0.1, 0.15) is 32.1 Å². The average molecular weight is 424 g/mol. The van der Waals surface area contributed by atoms with Gasteiger partial charge in [0.2, 0.25) is 20.0 Å². The van der Waals surface area contributed by atoms with Gasteiger partial charge in [-0.2, -0.15) is 0 Å². The van der Waals surface area contributed by atoms with Crippen molar-refractivity contribution in [3.05, 3.63) is 24.3 Å². The molecule has 1 heterocycles. The molecule has 1 unspecified atom stereocenters. The van der Waals surface area contributed by atoms with Crippen LogP contribution in [0, 0.1) is 5.92 Å². The van der Waals surface area contributed by atoms with E-state index in [1.807, 2.05) is 0 Å². The van der Waals surface area contributed by atoms with Gasteiger partial charge >= 0.3 is 0 Å². The summed E-state index contributed by atoms with van der Waals surface area (Å²) in [5.41, 5.74) is 0. The molecule has 10 heteroatoms. The lowest BCUT2D eigenvalue weighted by Gasteiger charge is -2.22. The molecule has 148 valence electrons. The van der Waals surface area contributed by atoms with Gasteiger partial charge in [0.05, 0.1) is 9.79 Å². The van der Waals surface area contributed by atoms with Crippen LogP contribution < -0.4 is 14.8 Å². The fourth-order valence-corrected chi connectivity index (χ4v) is 5.29. The van der Waals surface area contributed by atoms with E-state index in [4.69, 9.17) is 0 Å². The molecule has 1 atom stereocenters. The number of sulfonamides is 2. The molecule has 0 aromatic heterocycles. The van der Waals surface area contributed by atoms with Crippen molar-refractivity contribution in [1.82, 2.24) is 14.8 Å². The second kappa shape index (κ2) is 8.99. The van der Waals surface area contributed by atoms with Crippen LogP contribution in [0.15, 0.2) is 34.1 Å². The van der Waals surface area contributed by atoms with Crippen LogP contribution in [-0.2, 0) is 20.0 Å². The minimum atomic E-state index is -3.62. The Labute approximate surface area is 161 Å². The third kappa shape index (κ3) is 5.90. The van der Waals surface area contributed by atoms with Crippen molar-refractivity contribution in [3.8, 4) is 0 Å². The van der Waals surface area contributed by atoms with Crippen LogP contribution in [0.3, 0.4) is 0 Å². The highest BCUT2D eigenvalue weighted by molar-refractivity contribution is 7.90. The molecule has 2 fully saturated rings. The van der Waals surface area contributed by atoms with Gasteiger partial charge in [0, 0.05) is 12.6 Å². The minimum absolute atomic E-state index is 0. The van der Waals surface area contributed by atoms with Gasteiger partial charge in [-0.15, -0.1) is 12.4 Å². The predicted molar refractivity (Wildman–Crippen MR) is 102 cm³/mol. The molecule has 0 radical (unpaired) electrons. The monoisotopic (exact) mass is 423 g/mol. The molecule has 0 spiro atoms. The Morgan fingerprint density at radius 3 is 2.12 bits per heavy atom. The Bertz CT molecular complexity index is 787. The van der Waals surface area contributed by atoms with Gasteiger partial charge in [-0.25, -0.2) is 26.3 Å².